The van der Waals surface area contributed by atoms with Gasteiger partial charge in [-0.05, 0) is 24.3 Å². The van der Waals surface area contributed by atoms with E-state index in [4.69, 9.17) is 0 Å². The second kappa shape index (κ2) is 5.06. The van der Waals surface area contributed by atoms with Crippen molar-refractivity contribution < 1.29 is 18.3 Å². The van der Waals surface area contributed by atoms with Crippen LogP contribution in [-0.4, -0.2) is 37.5 Å². The van der Waals surface area contributed by atoms with Crippen molar-refractivity contribution in [3.05, 3.63) is 24.3 Å². The molecule has 1 fully saturated rings. The summed E-state index contributed by atoms with van der Waals surface area (Å²) in [6, 6.07) is 6.23. The van der Waals surface area contributed by atoms with Gasteiger partial charge >= 0.3 is 6.18 Å². The van der Waals surface area contributed by atoms with E-state index < -0.39 is 12.1 Å². The molecule has 0 aromatic heterocycles. The fourth-order valence-corrected chi connectivity index (χ4v) is 2.03. The average Bonchev–Trinajstić information content (AvgIpc) is 2.55. The van der Waals surface area contributed by atoms with E-state index in [0.29, 0.717) is 18.8 Å². The number of nitrogens with zero attached hydrogens (tertiary/aromatic N) is 1. The molecule has 1 saturated heterocycles. The second-order valence-corrected chi connectivity index (χ2v) is 4.41. The molecule has 1 aromatic rings. The van der Waals surface area contributed by atoms with Gasteiger partial charge in [-0.3, -0.25) is 0 Å². The number of phenols is 1. The van der Waals surface area contributed by atoms with E-state index in [2.05, 4.69) is 5.32 Å². The maximum absolute atomic E-state index is 12.8. The lowest BCUT2D eigenvalue weighted by Gasteiger charge is -2.27. The SMILES string of the molecule is Oc1ccc(N2CCNCC(C(F)(F)F)C2)cc1. The van der Waals surface area contributed by atoms with Crippen LogP contribution in [0.15, 0.2) is 24.3 Å². The molecule has 1 aromatic carbocycles. The molecule has 2 rings (SSSR count). The minimum absolute atomic E-state index is 0.0436. The summed E-state index contributed by atoms with van der Waals surface area (Å²) in [4.78, 5) is 1.69. The summed E-state index contributed by atoms with van der Waals surface area (Å²) >= 11 is 0. The first-order chi connectivity index (χ1) is 8.47. The molecule has 3 nitrogen and oxygen atoms in total. The summed E-state index contributed by atoms with van der Waals surface area (Å²) in [7, 11) is 0. The van der Waals surface area contributed by atoms with Crippen molar-refractivity contribution in [3.63, 3.8) is 0 Å². The molecule has 0 radical (unpaired) electrons. The van der Waals surface area contributed by atoms with Gasteiger partial charge in [0.25, 0.3) is 0 Å². The molecule has 6 heteroatoms. The molecule has 0 saturated carbocycles. The highest BCUT2D eigenvalue weighted by molar-refractivity contribution is 5.49. The Kier molecular flexibility index (Phi) is 3.65. The zero-order chi connectivity index (χ0) is 13.2. The molecule has 1 aliphatic heterocycles. The van der Waals surface area contributed by atoms with E-state index in [-0.39, 0.29) is 18.8 Å². The maximum Gasteiger partial charge on any atom is 0.394 e. The molecule has 1 atom stereocenters. The monoisotopic (exact) mass is 260 g/mol. The Bertz CT molecular complexity index is 391. The van der Waals surface area contributed by atoms with Crippen molar-refractivity contribution in [2.24, 2.45) is 5.92 Å². The van der Waals surface area contributed by atoms with Gasteiger partial charge in [0.15, 0.2) is 0 Å². The first-order valence-corrected chi connectivity index (χ1v) is 5.78. The number of hydrogen-bond donors (Lipinski definition) is 2. The summed E-state index contributed by atoms with van der Waals surface area (Å²) < 4.78 is 38.3. The van der Waals surface area contributed by atoms with Crippen molar-refractivity contribution in [2.45, 2.75) is 6.18 Å². The molecular formula is C12H15F3N2O. The highest BCUT2D eigenvalue weighted by Gasteiger charge is 2.41. The van der Waals surface area contributed by atoms with Gasteiger partial charge in [-0.1, -0.05) is 0 Å². The van der Waals surface area contributed by atoms with Crippen molar-refractivity contribution >= 4 is 5.69 Å². The third-order valence-corrected chi connectivity index (χ3v) is 3.07. The molecule has 2 N–H and O–H groups in total. The second-order valence-electron chi connectivity index (χ2n) is 4.41. The number of nitrogens with one attached hydrogen (secondary N) is 1. The summed E-state index contributed by atoms with van der Waals surface area (Å²) in [6.45, 7) is 0.949. The minimum Gasteiger partial charge on any atom is -0.508 e. The summed E-state index contributed by atoms with van der Waals surface area (Å²) in [5.41, 5.74) is 0.700. The molecule has 1 aliphatic rings. The number of hydrogen-bond acceptors (Lipinski definition) is 3. The van der Waals surface area contributed by atoms with Crippen LogP contribution in [0.4, 0.5) is 18.9 Å². The summed E-state index contributed by atoms with van der Waals surface area (Å²) in [5.74, 6) is -1.26. The van der Waals surface area contributed by atoms with E-state index in [9.17, 15) is 18.3 Å². The Labute approximate surface area is 103 Å². The van der Waals surface area contributed by atoms with E-state index in [1.54, 1.807) is 17.0 Å². The van der Waals surface area contributed by atoms with Crippen LogP contribution in [0.1, 0.15) is 0 Å². The third kappa shape index (κ3) is 3.07. The Morgan fingerprint density at radius 1 is 1.22 bits per heavy atom. The maximum atomic E-state index is 12.8. The fraction of sp³-hybridized carbons (Fsp3) is 0.500. The number of aromatic hydroxyl groups is 1. The molecule has 0 amide bonds. The van der Waals surface area contributed by atoms with Crippen molar-refractivity contribution in [2.75, 3.05) is 31.1 Å². The Balaban J connectivity index is 2.14. The van der Waals surface area contributed by atoms with Gasteiger partial charge in [0, 0.05) is 31.9 Å². The van der Waals surface area contributed by atoms with Crippen LogP contribution in [0.25, 0.3) is 0 Å². The molecular weight excluding hydrogens is 245 g/mol. The average molecular weight is 260 g/mol. The largest absolute Gasteiger partial charge is 0.508 e. The minimum atomic E-state index is -4.19. The van der Waals surface area contributed by atoms with Gasteiger partial charge in [0.05, 0.1) is 5.92 Å². The standard InChI is InChI=1S/C12H15F3N2O/c13-12(14,15)9-7-16-5-6-17(8-9)10-1-3-11(18)4-2-10/h1-4,9,16,18H,5-8H2. The quantitative estimate of drug-likeness (QED) is 0.810. The summed E-state index contributed by atoms with van der Waals surface area (Å²) in [6.07, 6.45) is -4.19. The van der Waals surface area contributed by atoms with Crippen LogP contribution in [-0.2, 0) is 0 Å². The van der Waals surface area contributed by atoms with E-state index in [0.717, 1.165) is 0 Å². The number of phenolic OH excluding ortho intramolecular Hbond substituents is 1. The molecule has 0 aliphatic carbocycles. The molecule has 18 heavy (non-hydrogen) atoms. The molecule has 0 bridgehead atoms. The molecule has 1 heterocycles. The lowest BCUT2D eigenvalue weighted by atomic mass is 10.1. The van der Waals surface area contributed by atoms with Gasteiger partial charge < -0.3 is 15.3 Å². The Morgan fingerprint density at radius 2 is 1.89 bits per heavy atom. The van der Waals surface area contributed by atoms with Crippen molar-refractivity contribution in [1.82, 2.24) is 5.32 Å². The lowest BCUT2D eigenvalue weighted by molar-refractivity contribution is -0.169. The van der Waals surface area contributed by atoms with E-state index in [1.807, 2.05) is 0 Å². The number of anilines is 1. The normalized spacial score (nSPS) is 21.7. The van der Waals surface area contributed by atoms with Crippen molar-refractivity contribution in [3.8, 4) is 5.75 Å². The Hall–Kier alpha value is -1.43. The predicted molar refractivity (Wildman–Crippen MR) is 62.7 cm³/mol. The van der Waals surface area contributed by atoms with Gasteiger partial charge in [0.2, 0.25) is 0 Å². The van der Waals surface area contributed by atoms with Crippen LogP contribution in [0.2, 0.25) is 0 Å². The van der Waals surface area contributed by atoms with Crippen LogP contribution in [0.5, 0.6) is 5.75 Å². The first-order valence-electron chi connectivity index (χ1n) is 5.78. The highest BCUT2D eigenvalue weighted by Crippen LogP contribution is 2.29. The lowest BCUT2D eigenvalue weighted by Crippen LogP contribution is -2.38. The van der Waals surface area contributed by atoms with Crippen LogP contribution < -0.4 is 10.2 Å². The smallest absolute Gasteiger partial charge is 0.394 e. The van der Waals surface area contributed by atoms with E-state index in [1.165, 1.54) is 12.1 Å². The molecule has 1 unspecified atom stereocenters. The van der Waals surface area contributed by atoms with Crippen LogP contribution >= 0.6 is 0 Å². The van der Waals surface area contributed by atoms with Gasteiger partial charge in [-0.15, -0.1) is 0 Å². The number of alkyl halides is 3. The number of halogens is 3. The van der Waals surface area contributed by atoms with Gasteiger partial charge in [-0.2, -0.15) is 13.2 Å². The molecule has 0 spiro atoms. The van der Waals surface area contributed by atoms with Gasteiger partial charge in [0.1, 0.15) is 5.75 Å². The number of benzene rings is 1. The third-order valence-electron chi connectivity index (χ3n) is 3.07. The number of rotatable bonds is 1. The van der Waals surface area contributed by atoms with E-state index >= 15 is 0 Å². The molecule has 100 valence electrons. The van der Waals surface area contributed by atoms with Crippen LogP contribution in [0.3, 0.4) is 0 Å². The zero-order valence-corrected chi connectivity index (χ0v) is 9.74. The van der Waals surface area contributed by atoms with Crippen LogP contribution in [0, 0.1) is 5.92 Å². The fourth-order valence-electron chi connectivity index (χ4n) is 2.03. The Morgan fingerprint density at radius 3 is 2.50 bits per heavy atom. The van der Waals surface area contributed by atoms with Crippen molar-refractivity contribution in [1.29, 1.82) is 0 Å². The zero-order valence-electron chi connectivity index (χ0n) is 9.74. The summed E-state index contributed by atoms with van der Waals surface area (Å²) in [5, 5.41) is 12.0. The highest BCUT2D eigenvalue weighted by atomic mass is 19.4. The first kappa shape index (κ1) is 13.0. The van der Waals surface area contributed by atoms with Gasteiger partial charge in [-0.25, -0.2) is 0 Å². The topological polar surface area (TPSA) is 35.5 Å². The predicted octanol–water partition coefficient (Wildman–Crippen LogP) is 1.98.